The van der Waals surface area contributed by atoms with Crippen LogP contribution < -0.4 is 10.1 Å². The molecule has 1 aromatic heterocycles. The first kappa shape index (κ1) is 18.0. The maximum absolute atomic E-state index is 13.1. The normalized spacial score (nSPS) is 20.5. The van der Waals surface area contributed by atoms with E-state index in [0.717, 1.165) is 11.3 Å². The van der Waals surface area contributed by atoms with Crippen molar-refractivity contribution in [1.29, 1.82) is 0 Å². The fourth-order valence-electron chi connectivity index (χ4n) is 3.36. The van der Waals surface area contributed by atoms with Gasteiger partial charge in [-0.25, -0.2) is 0 Å². The molecule has 2 aromatic rings. The molecule has 2 atom stereocenters. The summed E-state index contributed by atoms with van der Waals surface area (Å²) in [6.45, 7) is 8.29. The number of hydrogen-bond donors (Lipinski definition) is 1. The summed E-state index contributed by atoms with van der Waals surface area (Å²) in [4.78, 5) is 14.7. The molecule has 0 spiro atoms. The molecular formula is C20H26N4O2. The molecule has 2 unspecified atom stereocenters. The van der Waals surface area contributed by atoms with Crippen LogP contribution in [0.4, 0.5) is 0 Å². The molecule has 2 heterocycles. The summed E-state index contributed by atoms with van der Waals surface area (Å²) in [6, 6.07) is 9.87. The van der Waals surface area contributed by atoms with Gasteiger partial charge in [-0.2, -0.15) is 0 Å². The summed E-state index contributed by atoms with van der Waals surface area (Å²) in [5.74, 6) is 1.19. The van der Waals surface area contributed by atoms with Gasteiger partial charge in [0.2, 0.25) is 11.8 Å². The van der Waals surface area contributed by atoms with Gasteiger partial charge in [0.25, 0.3) is 0 Å². The number of carbonyl (C=O) groups excluding carboxylic acids is 1. The Hall–Kier alpha value is -2.76. The van der Waals surface area contributed by atoms with Crippen molar-refractivity contribution in [1.82, 2.24) is 20.0 Å². The highest BCUT2D eigenvalue weighted by Gasteiger charge is 2.40. The first-order chi connectivity index (χ1) is 12.3. The minimum atomic E-state index is -0.369. The van der Waals surface area contributed by atoms with Crippen molar-refractivity contribution < 1.29 is 9.53 Å². The smallest absolute Gasteiger partial charge is 0.237 e. The highest BCUT2D eigenvalue weighted by atomic mass is 16.5. The SMILES string of the molecule is C=C1NC(c2cc(OC)nn2C)C(c2ccc(C(C)C)cc2)C(=O)N1C. The summed E-state index contributed by atoms with van der Waals surface area (Å²) in [7, 11) is 5.18. The molecule has 6 nitrogen and oxygen atoms in total. The molecular weight excluding hydrogens is 328 g/mol. The highest BCUT2D eigenvalue weighted by Crippen LogP contribution is 2.38. The second kappa shape index (κ2) is 6.86. The molecule has 1 aromatic carbocycles. The van der Waals surface area contributed by atoms with Gasteiger partial charge in [-0.15, -0.1) is 5.10 Å². The summed E-state index contributed by atoms with van der Waals surface area (Å²) in [5, 5.41) is 7.71. The second-order valence-electron chi connectivity index (χ2n) is 7.00. The summed E-state index contributed by atoms with van der Waals surface area (Å²) >= 11 is 0. The van der Waals surface area contributed by atoms with E-state index in [1.54, 1.807) is 23.7 Å². The Labute approximate surface area is 154 Å². The molecule has 1 amide bonds. The Morgan fingerprint density at radius 3 is 2.42 bits per heavy atom. The average Bonchev–Trinajstić information content (AvgIpc) is 3.00. The van der Waals surface area contributed by atoms with Gasteiger partial charge in [-0.1, -0.05) is 44.7 Å². The van der Waals surface area contributed by atoms with Crippen molar-refractivity contribution in [2.75, 3.05) is 14.2 Å². The Bertz CT molecular complexity index is 823. The number of methoxy groups -OCH3 is 1. The molecule has 138 valence electrons. The third kappa shape index (κ3) is 3.07. The Balaban J connectivity index is 2.05. The Kier molecular flexibility index (Phi) is 4.76. The molecule has 0 aliphatic carbocycles. The van der Waals surface area contributed by atoms with Crippen LogP contribution in [0.5, 0.6) is 5.88 Å². The molecule has 1 saturated heterocycles. The minimum absolute atomic E-state index is 0.0104. The fraction of sp³-hybridized carbons (Fsp3) is 0.400. The van der Waals surface area contributed by atoms with Crippen LogP contribution in [0.15, 0.2) is 42.7 Å². The van der Waals surface area contributed by atoms with Crippen molar-refractivity contribution >= 4 is 5.91 Å². The third-order valence-corrected chi connectivity index (χ3v) is 5.04. The molecule has 0 saturated carbocycles. The van der Waals surface area contributed by atoms with Crippen LogP contribution in [-0.2, 0) is 11.8 Å². The predicted molar refractivity (Wildman–Crippen MR) is 101 cm³/mol. The van der Waals surface area contributed by atoms with Gasteiger partial charge in [-0.05, 0) is 17.0 Å². The van der Waals surface area contributed by atoms with Gasteiger partial charge >= 0.3 is 0 Å². The molecule has 6 heteroatoms. The lowest BCUT2D eigenvalue weighted by Crippen LogP contribution is -2.48. The van der Waals surface area contributed by atoms with Gasteiger partial charge in [0.15, 0.2) is 0 Å². The number of ether oxygens (including phenoxy) is 1. The van der Waals surface area contributed by atoms with Crippen molar-refractivity contribution in [3.05, 3.63) is 59.6 Å². The van der Waals surface area contributed by atoms with Crippen LogP contribution in [0.1, 0.15) is 48.5 Å². The van der Waals surface area contributed by atoms with Crippen LogP contribution in [0.2, 0.25) is 0 Å². The quantitative estimate of drug-likeness (QED) is 0.917. The second-order valence-corrected chi connectivity index (χ2v) is 7.00. The first-order valence-electron chi connectivity index (χ1n) is 8.74. The van der Waals surface area contributed by atoms with Crippen LogP contribution in [0, 0.1) is 0 Å². The first-order valence-corrected chi connectivity index (χ1v) is 8.74. The molecule has 0 bridgehead atoms. The zero-order valence-electron chi connectivity index (χ0n) is 16.0. The zero-order valence-corrected chi connectivity index (χ0v) is 16.0. The fourth-order valence-corrected chi connectivity index (χ4v) is 3.36. The van der Waals surface area contributed by atoms with Crippen LogP contribution >= 0.6 is 0 Å². The summed E-state index contributed by atoms with van der Waals surface area (Å²) in [6.07, 6.45) is 0. The third-order valence-electron chi connectivity index (χ3n) is 5.04. The Morgan fingerprint density at radius 2 is 1.88 bits per heavy atom. The largest absolute Gasteiger partial charge is 0.480 e. The average molecular weight is 354 g/mol. The van der Waals surface area contributed by atoms with E-state index < -0.39 is 0 Å². The van der Waals surface area contributed by atoms with Gasteiger partial charge in [-0.3, -0.25) is 9.48 Å². The molecule has 1 aliphatic heterocycles. The van der Waals surface area contributed by atoms with E-state index in [2.05, 4.69) is 43.0 Å². The van der Waals surface area contributed by atoms with Crippen LogP contribution in [0.25, 0.3) is 0 Å². The van der Waals surface area contributed by atoms with Crippen molar-refractivity contribution in [2.24, 2.45) is 7.05 Å². The van der Waals surface area contributed by atoms with Crippen molar-refractivity contribution in [2.45, 2.75) is 31.7 Å². The number of nitrogens with one attached hydrogen (secondary N) is 1. The van der Waals surface area contributed by atoms with Gasteiger partial charge in [0.1, 0.15) is 5.82 Å². The predicted octanol–water partition coefficient (Wildman–Crippen LogP) is 2.91. The van der Waals surface area contributed by atoms with Crippen molar-refractivity contribution in [3.8, 4) is 5.88 Å². The molecule has 3 rings (SSSR count). The lowest BCUT2D eigenvalue weighted by molar-refractivity contribution is -0.132. The number of rotatable bonds is 4. The van der Waals surface area contributed by atoms with Gasteiger partial charge in [0, 0.05) is 20.2 Å². The summed E-state index contributed by atoms with van der Waals surface area (Å²) < 4.78 is 6.99. The number of hydrogen-bond acceptors (Lipinski definition) is 4. The molecule has 1 aliphatic rings. The number of benzene rings is 1. The van der Waals surface area contributed by atoms with Crippen molar-refractivity contribution in [3.63, 3.8) is 0 Å². The number of amides is 1. The topological polar surface area (TPSA) is 59.4 Å². The number of aromatic nitrogens is 2. The lowest BCUT2D eigenvalue weighted by Gasteiger charge is -2.39. The monoisotopic (exact) mass is 354 g/mol. The minimum Gasteiger partial charge on any atom is -0.480 e. The van der Waals surface area contributed by atoms with E-state index >= 15 is 0 Å². The number of carbonyl (C=O) groups is 1. The maximum Gasteiger partial charge on any atom is 0.237 e. The highest BCUT2D eigenvalue weighted by molar-refractivity contribution is 5.87. The van der Waals surface area contributed by atoms with E-state index in [1.807, 2.05) is 25.2 Å². The van der Waals surface area contributed by atoms with E-state index in [-0.39, 0.29) is 17.9 Å². The van der Waals surface area contributed by atoms with E-state index in [1.165, 1.54) is 5.56 Å². The maximum atomic E-state index is 13.1. The van der Waals surface area contributed by atoms with Gasteiger partial charge in [0.05, 0.1) is 24.8 Å². The number of likely N-dealkylation sites (N-methyl/N-ethyl adjacent to an activating group) is 1. The van der Waals surface area contributed by atoms with Crippen LogP contribution in [-0.4, -0.2) is 34.7 Å². The standard InChI is InChI=1S/C20H26N4O2/c1-12(2)14-7-9-15(10-8-14)18-19(21-13(3)23(4)20(18)25)16-11-17(26-6)22-24(16)5/h7-12,18-19,21H,3H2,1-2,4-6H3. The van der Waals surface area contributed by atoms with E-state index in [4.69, 9.17) is 4.74 Å². The molecule has 26 heavy (non-hydrogen) atoms. The van der Waals surface area contributed by atoms with Crippen LogP contribution in [0.3, 0.4) is 0 Å². The van der Waals surface area contributed by atoms with E-state index in [0.29, 0.717) is 17.6 Å². The number of aryl methyl sites for hydroxylation is 1. The number of nitrogens with zero attached hydrogens (tertiary/aromatic N) is 3. The molecule has 1 N–H and O–H groups in total. The zero-order chi connectivity index (χ0) is 19.0. The molecule has 1 fully saturated rings. The van der Waals surface area contributed by atoms with E-state index in [9.17, 15) is 4.79 Å². The summed E-state index contributed by atoms with van der Waals surface area (Å²) in [5.41, 5.74) is 3.10. The molecule has 0 radical (unpaired) electrons. The Morgan fingerprint density at radius 1 is 1.23 bits per heavy atom. The lowest BCUT2D eigenvalue weighted by atomic mass is 9.85. The van der Waals surface area contributed by atoms with Gasteiger partial charge < -0.3 is 15.0 Å².